The Bertz CT molecular complexity index is 742. The van der Waals surface area contributed by atoms with Gasteiger partial charge in [0.25, 0.3) is 5.91 Å². The molecule has 0 heterocycles. The van der Waals surface area contributed by atoms with Crippen LogP contribution in [0.3, 0.4) is 0 Å². The highest BCUT2D eigenvalue weighted by Crippen LogP contribution is 2.34. The second-order valence-corrected chi connectivity index (χ2v) is 6.94. The van der Waals surface area contributed by atoms with Gasteiger partial charge in [-0.1, -0.05) is 55.1 Å². The van der Waals surface area contributed by atoms with Gasteiger partial charge < -0.3 is 15.4 Å². The van der Waals surface area contributed by atoms with Crippen LogP contribution in [0.25, 0.3) is 10.8 Å². The zero-order valence-electron chi connectivity index (χ0n) is 14.6. The molecule has 134 valence electrons. The minimum Gasteiger partial charge on any atom is -0.495 e. The monoisotopic (exact) mass is 360 g/mol. The Labute approximate surface area is 153 Å². The largest absolute Gasteiger partial charge is 0.495 e. The quantitative estimate of drug-likeness (QED) is 0.761. The fourth-order valence-electron chi connectivity index (χ4n) is 3.55. The molecule has 1 amide bonds. The van der Waals surface area contributed by atoms with E-state index in [4.69, 9.17) is 16.3 Å². The first-order valence-electron chi connectivity index (χ1n) is 8.97. The molecule has 3 rings (SSSR count). The fraction of sp³-hybridized carbons (Fsp3) is 0.450. The van der Waals surface area contributed by atoms with Crippen molar-refractivity contribution in [3.05, 3.63) is 40.9 Å². The van der Waals surface area contributed by atoms with Gasteiger partial charge in [-0.2, -0.15) is 0 Å². The fourth-order valence-corrected chi connectivity index (χ4v) is 3.82. The van der Waals surface area contributed by atoms with E-state index in [1.807, 2.05) is 24.3 Å². The molecule has 0 aromatic heterocycles. The molecule has 0 bridgehead atoms. The van der Waals surface area contributed by atoms with Crippen molar-refractivity contribution >= 4 is 28.3 Å². The van der Waals surface area contributed by atoms with Crippen LogP contribution in [-0.4, -0.2) is 32.1 Å². The summed E-state index contributed by atoms with van der Waals surface area (Å²) in [6.07, 6.45) is 6.43. The number of ether oxygens (including phenoxy) is 1. The predicted molar refractivity (Wildman–Crippen MR) is 103 cm³/mol. The minimum atomic E-state index is -0.157. The molecule has 0 unspecified atom stereocenters. The second kappa shape index (κ2) is 8.54. The molecule has 1 fully saturated rings. The number of halogens is 1. The normalized spacial score (nSPS) is 15.3. The summed E-state index contributed by atoms with van der Waals surface area (Å²) in [6.45, 7) is 1.36. The van der Waals surface area contributed by atoms with Crippen LogP contribution in [0.2, 0.25) is 5.02 Å². The molecular weight excluding hydrogens is 336 g/mol. The van der Waals surface area contributed by atoms with Crippen LogP contribution in [-0.2, 0) is 0 Å². The Morgan fingerprint density at radius 3 is 2.60 bits per heavy atom. The number of hydrogen-bond acceptors (Lipinski definition) is 3. The van der Waals surface area contributed by atoms with E-state index in [0.717, 1.165) is 17.3 Å². The van der Waals surface area contributed by atoms with E-state index in [2.05, 4.69) is 10.6 Å². The molecule has 1 saturated carbocycles. The zero-order valence-corrected chi connectivity index (χ0v) is 15.4. The highest BCUT2D eigenvalue weighted by atomic mass is 35.5. The van der Waals surface area contributed by atoms with Gasteiger partial charge in [-0.25, -0.2) is 0 Å². The Hall–Kier alpha value is -1.78. The van der Waals surface area contributed by atoms with Crippen LogP contribution in [0.15, 0.2) is 30.3 Å². The van der Waals surface area contributed by atoms with Crippen molar-refractivity contribution in [1.29, 1.82) is 0 Å². The van der Waals surface area contributed by atoms with Crippen LogP contribution < -0.4 is 15.4 Å². The summed E-state index contributed by atoms with van der Waals surface area (Å²) in [5, 5.41) is 8.78. The van der Waals surface area contributed by atoms with Gasteiger partial charge in [0.15, 0.2) is 0 Å². The molecule has 2 N–H and O–H groups in total. The lowest BCUT2D eigenvalue weighted by Gasteiger charge is -2.22. The van der Waals surface area contributed by atoms with E-state index in [0.29, 0.717) is 28.9 Å². The molecule has 4 nitrogen and oxygen atoms in total. The molecular formula is C20H25ClN2O2. The number of methoxy groups -OCH3 is 1. The summed E-state index contributed by atoms with van der Waals surface area (Å²) in [6, 6.07) is 9.96. The number of carbonyl (C=O) groups excluding carboxylic acids is 1. The highest BCUT2D eigenvalue weighted by molar-refractivity contribution is 6.36. The standard InChI is InChI=1S/C20H25ClN2O2/c1-25-19-16-10-6-5-9-15(16)18(21)13-17(19)20(24)23-12-11-22-14-7-3-2-4-8-14/h5-6,9-10,13-14,22H,2-4,7-8,11-12H2,1H3,(H,23,24). The van der Waals surface area contributed by atoms with Crippen LogP contribution >= 0.6 is 11.6 Å². The molecule has 2 aromatic rings. The summed E-state index contributed by atoms with van der Waals surface area (Å²) < 4.78 is 5.50. The number of benzene rings is 2. The van der Waals surface area contributed by atoms with Crippen molar-refractivity contribution in [2.24, 2.45) is 0 Å². The van der Waals surface area contributed by atoms with Crippen LogP contribution in [0, 0.1) is 0 Å². The van der Waals surface area contributed by atoms with E-state index >= 15 is 0 Å². The number of carbonyl (C=O) groups is 1. The Morgan fingerprint density at radius 2 is 1.88 bits per heavy atom. The molecule has 5 heteroatoms. The van der Waals surface area contributed by atoms with Gasteiger partial charge in [0, 0.05) is 34.9 Å². The number of hydrogen-bond donors (Lipinski definition) is 2. The van der Waals surface area contributed by atoms with Crippen molar-refractivity contribution < 1.29 is 9.53 Å². The van der Waals surface area contributed by atoms with Crippen molar-refractivity contribution in [3.63, 3.8) is 0 Å². The zero-order chi connectivity index (χ0) is 17.6. The van der Waals surface area contributed by atoms with Crippen LogP contribution in [0.1, 0.15) is 42.5 Å². The summed E-state index contributed by atoms with van der Waals surface area (Å²) in [5.41, 5.74) is 0.476. The van der Waals surface area contributed by atoms with Crippen LogP contribution in [0.5, 0.6) is 5.75 Å². The van der Waals surface area contributed by atoms with E-state index < -0.39 is 0 Å². The SMILES string of the molecule is COc1c(C(=O)NCCNC2CCCCC2)cc(Cl)c2ccccc12. The summed E-state index contributed by atoms with van der Waals surface area (Å²) in [5.74, 6) is 0.410. The average molecular weight is 361 g/mol. The first kappa shape index (κ1) is 18.0. The average Bonchev–Trinajstić information content (AvgIpc) is 2.66. The second-order valence-electron chi connectivity index (χ2n) is 6.53. The van der Waals surface area contributed by atoms with Gasteiger partial charge in [0.1, 0.15) is 5.75 Å². The lowest BCUT2D eigenvalue weighted by atomic mass is 9.95. The number of fused-ring (bicyclic) bond motifs is 1. The van der Waals surface area contributed by atoms with E-state index in [-0.39, 0.29) is 5.91 Å². The van der Waals surface area contributed by atoms with Gasteiger partial charge in [-0.15, -0.1) is 0 Å². The molecule has 0 saturated heterocycles. The molecule has 0 atom stereocenters. The summed E-state index contributed by atoms with van der Waals surface area (Å²) in [7, 11) is 1.58. The third-order valence-electron chi connectivity index (χ3n) is 4.84. The van der Waals surface area contributed by atoms with Crippen LogP contribution in [0.4, 0.5) is 0 Å². The topological polar surface area (TPSA) is 50.4 Å². The molecule has 0 aliphatic heterocycles. The third kappa shape index (κ3) is 4.25. The lowest BCUT2D eigenvalue weighted by Crippen LogP contribution is -2.38. The van der Waals surface area contributed by atoms with Gasteiger partial charge >= 0.3 is 0 Å². The Balaban J connectivity index is 1.65. The number of rotatable bonds is 6. The molecule has 25 heavy (non-hydrogen) atoms. The van der Waals surface area contributed by atoms with Gasteiger partial charge in [0.2, 0.25) is 0 Å². The van der Waals surface area contributed by atoms with Gasteiger partial charge in [-0.05, 0) is 18.9 Å². The maximum Gasteiger partial charge on any atom is 0.255 e. The maximum atomic E-state index is 12.6. The van der Waals surface area contributed by atoms with Crippen molar-refractivity contribution in [2.75, 3.05) is 20.2 Å². The summed E-state index contributed by atoms with van der Waals surface area (Å²) in [4.78, 5) is 12.6. The van der Waals surface area contributed by atoms with Crippen molar-refractivity contribution in [3.8, 4) is 5.75 Å². The smallest absolute Gasteiger partial charge is 0.255 e. The minimum absolute atomic E-state index is 0.157. The van der Waals surface area contributed by atoms with Gasteiger partial charge in [-0.3, -0.25) is 4.79 Å². The first-order valence-corrected chi connectivity index (χ1v) is 9.35. The molecule has 1 aliphatic rings. The lowest BCUT2D eigenvalue weighted by molar-refractivity contribution is 0.0950. The third-order valence-corrected chi connectivity index (χ3v) is 5.15. The number of amides is 1. The van der Waals surface area contributed by atoms with E-state index in [1.165, 1.54) is 32.1 Å². The predicted octanol–water partition coefficient (Wildman–Crippen LogP) is 4.15. The first-order chi connectivity index (χ1) is 12.2. The van der Waals surface area contributed by atoms with Crippen molar-refractivity contribution in [2.45, 2.75) is 38.1 Å². The summed E-state index contributed by atoms with van der Waals surface area (Å²) >= 11 is 6.35. The van der Waals surface area contributed by atoms with Crippen molar-refractivity contribution in [1.82, 2.24) is 10.6 Å². The molecule has 2 aromatic carbocycles. The molecule has 0 spiro atoms. The molecule has 0 radical (unpaired) electrons. The highest BCUT2D eigenvalue weighted by Gasteiger charge is 2.18. The number of nitrogens with one attached hydrogen (secondary N) is 2. The van der Waals surface area contributed by atoms with E-state index in [9.17, 15) is 4.79 Å². The van der Waals surface area contributed by atoms with Gasteiger partial charge in [0.05, 0.1) is 12.7 Å². The Kier molecular flexibility index (Phi) is 6.16. The maximum absolute atomic E-state index is 12.6. The Morgan fingerprint density at radius 1 is 1.16 bits per heavy atom. The molecule has 1 aliphatic carbocycles. The van der Waals surface area contributed by atoms with E-state index in [1.54, 1.807) is 13.2 Å².